The molecule has 1 fully saturated rings. The summed E-state index contributed by atoms with van der Waals surface area (Å²) < 4.78 is 0. The second-order valence-corrected chi connectivity index (χ2v) is 5.67. The van der Waals surface area contributed by atoms with E-state index in [1.807, 2.05) is 18.5 Å². The first-order chi connectivity index (χ1) is 11.3. The summed E-state index contributed by atoms with van der Waals surface area (Å²) in [4.78, 5) is 28.1. The first-order valence-corrected chi connectivity index (χ1v) is 7.60. The van der Waals surface area contributed by atoms with Gasteiger partial charge in [-0.3, -0.25) is 10.3 Å². The second kappa shape index (κ2) is 5.68. The van der Waals surface area contributed by atoms with Crippen molar-refractivity contribution in [1.29, 1.82) is 0 Å². The number of carbonyl (C=O) groups is 1. The lowest BCUT2D eigenvalue weighted by molar-refractivity contribution is 0.251. The summed E-state index contributed by atoms with van der Waals surface area (Å²) >= 11 is 0. The summed E-state index contributed by atoms with van der Waals surface area (Å²) in [5, 5.41) is 5.58. The van der Waals surface area contributed by atoms with Crippen LogP contribution >= 0.6 is 0 Å². The fraction of sp³-hybridized carbons (Fsp3) is 0.250. The monoisotopic (exact) mass is 308 g/mol. The molecule has 23 heavy (non-hydrogen) atoms. The largest absolute Gasteiger partial charge is 0.367 e. The quantitative estimate of drug-likeness (QED) is 0.690. The maximum absolute atomic E-state index is 11.8. The van der Waals surface area contributed by atoms with Crippen LogP contribution in [-0.2, 0) is 0 Å². The summed E-state index contributed by atoms with van der Waals surface area (Å²) in [5.74, 6) is 1.10. The molecule has 0 aliphatic heterocycles. The molecule has 116 valence electrons. The van der Waals surface area contributed by atoms with Crippen molar-refractivity contribution in [3.63, 3.8) is 0 Å². The third kappa shape index (κ3) is 3.13. The molecule has 3 aromatic rings. The molecule has 0 aromatic carbocycles. The van der Waals surface area contributed by atoms with Gasteiger partial charge in [0.1, 0.15) is 11.3 Å². The SMILES string of the molecule is O=C(NCC1CC1)Nc1ccc2ncc(-c3cc[nH]c3)nc2n1. The molecular weight excluding hydrogens is 292 g/mol. The summed E-state index contributed by atoms with van der Waals surface area (Å²) in [6.07, 6.45) is 7.79. The van der Waals surface area contributed by atoms with Gasteiger partial charge in [0, 0.05) is 24.5 Å². The van der Waals surface area contributed by atoms with Crippen molar-refractivity contribution in [2.75, 3.05) is 11.9 Å². The van der Waals surface area contributed by atoms with Crippen molar-refractivity contribution in [3.05, 3.63) is 36.8 Å². The van der Waals surface area contributed by atoms with Crippen molar-refractivity contribution in [2.24, 2.45) is 5.92 Å². The number of aromatic nitrogens is 4. The fourth-order valence-electron chi connectivity index (χ4n) is 2.31. The molecule has 0 atom stereocenters. The van der Waals surface area contributed by atoms with E-state index in [0.717, 1.165) is 17.8 Å². The van der Waals surface area contributed by atoms with E-state index in [1.165, 1.54) is 12.8 Å². The highest BCUT2D eigenvalue weighted by atomic mass is 16.2. The van der Waals surface area contributed by atoms with Gasteiger partial charge >= 0.3 is 6.03 Å². The molecular formula is C16H16N6O. The van der Waals surface area contributed by atoms with Gasteiger partial charge in [0.15, 0.2) is 5.65 Å². The van der Waals surface area contributed by atoms with Crippen LogP contribution in [0.4, 0.5) is 10.6 Å². The lowest BCUT2D eigenvalue weighted by atomic mass is 10.2. The summed E-state index contributed by atoms with van der Waals surface area (Å²) in [6, 6.07) is 5.21. The first kappa shape index (κ1) is 13.7. The molecule has 0 unspecified atom stereocenters. The molecule has 2 amide bonds. The van der Waals surface area contributed by atoms with Gasteiger partial charge in [-0.1, -0.05) is 0 Å². The molecule has 0 radical (unpaired) electrons. The van der Waals surface area contributed by atoms with Crippen LogP contribution in [0, 0.1) is 5.92 Å². The number of H-pyrrole nitrogens is 1. The van der Waals surface area contributed by atoms with E-state index in [1.54, 1.807) is 18.3 Å². The van der Waals surface area contributed by atoms with E-state index < -0.39 is 0 Å². The molecule has 7 heteroatoms. The molecule has 1 saturated carbocycles. The highest BCUT2D eigenvalue weighted by Crippen LogP contribution is 2.27. The van der Waals surface area contributed by atoms with Crippen molar-refractivity contribution in [1.82, 2.24) is 25.3 Å². The van der Waals surface area contributed by atoms with Gasteiger partial charge in [-0.25, -0.2) is 14.8 Å². The molecule has 0 bridgehead atoms. The maximum Gasteiger partial charge on any atom is 0.320 e. The molecule has 7 nitrogen and oxygen atoms in total. The van der Waals surface area contributed by atoms with E-state index in [0.29, 0.717) is 22.9 Å². The number of nitrogens with zero attached hydrogens (tertiary/aromatic N) is 3. The van der Waals surface area contributed by atoms with Crippen LogP contribution in [-0.4, -0.2) is 32.5 Å². The van der Waals surface area contributed by atoms with Gasteiger partial charge in [-0.15, -0.1) is 0 Å². The molecule has 1 aliphatic rings. The second-order valence-electron chi connectivity index (χ2n) is 5.67. The Morgan fingerprint density at radius 1 is 1.26 bits per heavy atom. The van der Waals surface area contributed by atoms with Crippen LogP contribution in [0.5, 0.6) is 0 Å². The van der Waals surface area contributed by atoms with Crippen LogP contribution in [0.1, 0.15) is 12.8 Å². The highest BCUT2D eigenvalue weighted by molar-refractivity contribution is 5.89. The van der Waals surface area contributed by atoms with Crippen LogP contribution in [0.2, 0.25) is 0 Å². The number of rotatable bonds is 4. The fourth-order valence-corrected chi connectivity index (χ4v) is 2.31. The number of amides is 2. The number of hydrogen-bond donors (Lipinski definition) is 3. The number of anilines is 1. The third-order valence-corrected chi connectivity index (χ3v) is 3.79. The van der Waals surface area contributed by atoms with Crippen molar-refractivity contribution in [3.8, 4) is 11.3 Å². The average Bonchev–Trinajstić information content (AvgIpc) is 3.24. The number of carbonyl (C=O) groups excluding carboxylic acids is 1. The molecule has 3 heterocycles. The number of urea groups is 1. The zero-order valence-corrected chi connectivity index (χ0v) is 12.4. The predicted molar refractivity (Wildman–Crippen MR) is 86.9 cm³/mol. The van der Waals surface area contributed by atoms with Crippen LogP contribution in [0.3, 0.4) is 0 Å². The Morgan fingerprint density at radius 3 is 2.96 bits per heavy atom. The van der Waals surface area contributed by atoms with Crippen molar-refractivity contribution >= 4 is 23.0 Å². The molecule has 3 N–H and O–H groups in total. The average molecular weight is 308 g/mol. The topological polar surface area (TPSA) is 95.6 Å². The normalized spacial score (nSPS) is 13.9. The Labute approximate surface area is 132 Å². The van der Waals surface area contributed by atoms with Crippen LogP contribution in [0.15, 0.2) is 36.8 Å². The van der Waals surface area contributed by atoms with Crippen molar-refractivity contribution in [2.45, 2.75) is 12.8 Å². The van der Waals surface area contributed by atoms with Crippen LogP contribution in [0.25, 0.3) is 22.4 Å². The van der Waals surface area contributed by atoms with E-state index in [2.05, 4.69) is 30.6 Å². The number of fused-ring (bicyclic) bond motifs is 1. The minimum Gasteiger partial charge on any atom is -0.367 e. The van der Waals surface area contributed by atoms with Gasteiger partial charge in [0.25, 0.3) is 0 Å². The molecule has 0 saturated heterocycles. The zero-order valence-electron chi connectivity index (χ0n) is 12.4. The van der Waals surface area contributed by atoms with Gasteiger partial charge < -0.3 is 10.3 Å². The Hall–Kier alpha value is -2.96. The first-order valence-electron chi connectivity index (χ1n) is 7.60. The minimum atomic E-state index is -0.238. The van der Waals surface area contributed by atoms with E-state index in [4.69, 9.17) is 0 Å². The van der Waals surface area contributed by atoms with Gasteiger partial charge in [-0.2, -0.15) is 0 Å². The van der Waals surface area contributed by atoms with Crippen LogP contribution < -0.4 is 10.6 Å². The number of hydrogen-bond acceptors (Lipinski definition) is 4. The number of aromatic amines is 1. The number of nitrogens with one attached hydrogen (secondary N) is 3. The molecule has 0 spiro atoms. The van der Waals surface area contributed by atoms with Gasteiger partial charge in [0.2, 0.25) is 0 Å². The van der Waals surface area contributed by atoms with E-state index in [9.17, 15) is 4.79 Å². The number of pyridine rings is 1. The van der Waals surface area contributed by atoms with Gasteiger partial charge in [-0.05, 0) is 37.0 Å². The van der Waals surface area contributed by atoms with E-state index in [-0.39, 0.29) is 6.03 Å². The summed E-state index contributed by atoms with van der Waals surface area (Å²) in [6.45, 7) is 0.719. The van der Waals surface area contributed by atoms with Crippen molar-refractivity contribution < 1.29 is 4.79 Å². The Kier molecular flexibility index (Phi) is 3.38. The lowest BCUT2D eigenvalue weighted by Gasteiger charge is -2.07. The predicted octanol–water partition coefficient (Wildman–Crippen LogP) is 2.55. The molecule has 3 aromatic heterocycles. The standard InChI is InChI=1S/C16H16N6O/c23-16(19-7-10-1-2-10)22-14-4-3-12-15(21-14)20-13(9-18-12)11-5-6-17-8-11/h3-6,8-10,17H,1-2,7H2,(H2,19,20,21,22,23). The van der Waals surface area contributed by atoms with E-state index >= 15 is 0 Å². The molecule has 1 aliphatic carbocycles. The minimum absolute atomic E-state index is 0.238. The smallest absolute Gasteiger partial charge is 0.320 e. The summed E-state index contributed by atoms with van der Waals surface area (Å²) in [7, 11) is 0. The Morgan fingerprint density at radius 2 is 2.17 bits per heavy atom. The Bertz CT molecular complexity index is 841. The summed E-state index contributed by atoms with van der Waals surface area (Å²) in [5.41, 5.74) is 2.88. The molecule has 4 rings (SSSR count). The third-order valence-electron chi connectivity index (χ3n) is 3.79. The Balaban J connectivity index is 1.54. The van der Waals surface area contributed by atoms with Gasteiger partial charge in [0.05, 0.1) is 11.9 Å². The lowest BCUT2D eigenvalue weighted by Crippen LogP contribution is -2.30. The highest BCUT2D eigenvalue weighted by Gasteiger charge is 2.21. The maximum atomic E-state index is 11.8. The zero-order chi connectivity index (χ0) is 15.6.